The van der Waals surface area contributed by atoms with Crippen LogP contribution in [0.25, 0.3) is 34.5 Å². The van der Waals surface area contributed by atoms with E-state index in [0.29, 0.717) is 28.3 Å². The molecule has 0 N–H and O–H groups in total. The average molecular weight is 400 g/mol. The van der Waals surface area contributed by atoms with Crippen molar-refractivity contribution in [1.82, 2.24) is 9.78 Å². The summed E-state index contributed by atoms with van der Waals surface area (Å²) in [5, 5.41) is 26.2. The van der Waals surface area contributed by atoms with Gasteiger partial charge in [-0.25, -0.2) is 4.68 Å². The highest BCUT2D eigenvalue weighted by Gasteiger charge is 2.15. The van der Waals surface area contributed by atoms with Crippen molar-refractivity contribution in [2.75, 3.05) is 0 Å². The maximum Gasteiger partial charge on any atom is 0.269 e. The number of nitro benzene ring substituents is 1. The predicted octanol–water partition coefficient (Wildman–Crippen LogP) is 3.47. The molecule has 30 heavy (non-hydrogen) atoms. The van der Waals surface area contributed by atoms with E-state index in [-0.39, 0.29) is 5.69 Å². The van der Waals surface area contributed by atoms with Gasteiger partial charge in [0.1, 0.15) is 11.5 Å². The van der Waals surface area contributed by atoms with Crippen LogP contribution in [0, 0.1) is 10.1 Å². The highest BCUT2D eigenvalue weighted by molar-refractivity contribution is 5.85. The molecule has 2 aromatic heterocycles. The van der Waals surface area contributed by atoms with Crippen LogP contribution in [0.15, 0.2) is 83.4 Å². The number of non-ortho nitro benzene ring substituents is 1. The molecule has 8 nitrogen and oxygen atoms in total. The number of carboxylic acids is 1. The fraction of sp³-hybridized carbons (Fsp3) is 0. The molecule has 0 radical (unpaired) electrons. The van der Waals surface area contributed by atoms with E-state index in [9.17, 15) is 20.0 Å². The lowest BCUT2D eigenvalue weighted by molar-refractivity contribution is -0.384. The van der Waals surface area contributed by atoms with E-state index in [1.54, 1.807) is 35.1 Å². The first-order valence-corrected chi connectivity index (χ1v) is 8.90. The van der Waals surface area contributed by atoms with E-state index < -0.39 is 10.9 Å². The molecule has 0 amide bonds. The third kappa shape index (κ3) is 3.88. The van der Waals surface area contributed by atoms with Crippen LogP contribution in [0.4, 0.5) is 5.69 Å². The van der Waals surface area contributed by atoms with E-state index in [0.717, 1.165) is 11.8 Å². The number of carbonyl (C=O) groups excluding carboxylic acids is 1. The SMILES string of the molecule is O=C([O-])/C=C/c1cn(-c2ccccc2)nc1-c1ccc(-c2ccc([N+](=O)[O-])cc2)o1. The number of carboxylic acid groups (broad SMARTS) is 1. The van der Waals surface area contributed by atoms with Crippen LogP contribution >= 0.6 is 0 Å². The first-order chi connectivity index (χ1) is 14.5. The number of hydrogen-bond donors (Lipinski definition) is 0. The van der Waals surface area contributed by atoms with Crippen LogP contribution in [0.3, 0.4) is 0 Å². The second-order valence-electron chi connectivity index (χ2n) is 6.33. The molecule has 0 aliphatic heterocycles. The van der Waals surface area contributed by atoms with Gasteiger partial charge in [0.25, 0.3) is 5.69 Å². The predicted molar refractivity (Wildman–Crippen MR) is 107 cm³/mol. The smallest absolute Gasteiger partial charge is 0.269 e. The summed E-state index contributed by atoms with van der Waals surface area (Å²) in [6.07, 6.45) is 4.01. The minimum Gasteiger partial charge on any atom is -0.545 e. The molecule has 2 aromatic carbocycles. The van der Waals surface area contributed by atoms with Crippen molar-refractivity contribution >= 4 is 17.7 Å². The van der Waals surface area contributed by atoms with Crippen molar-refractivity contribution in [3.05, 3.63) is 94.7 Å². The maximum absolute atomic E-state index is 10.9. The zero-order chi connectivity index (χ0) is 21.1. The second kappa shape index (κ2) is 7.88. The Balaban J connectivity index is 1.73. The van der Waals surface area contributed by atoms with Crippen LogP contribution in [0.1, 0.15) is 5.56 Å². The number of para-hydroxylation sites is 1. The number of rotatable bonds is 6. The van der Waals surface area contributed by atoms with Crippen LogP contribution < -0.4 is 5.11 Å². The highest BCUT2D eigenvalue weighted by Crippen LogP contribution is 2.31. The third-order valence-corrected chi connectivity index (χ3v) is 4.36. The Hall–Kier alpha value is -4.46. The first kappa shape index (κ1) is 18.9. The molecule has 2 heterocycles. The summed E-state index contributed by atoms with van der Waals surface area (Å²) in [6, 6.07) is 18.8. The molecule has 0 aliphatic carbocycles. The number of nitrogens with zero attached hydrogens (tertiary/aromatic N) is 3. The second-order valence-corrected chi connectivity index (χ2v) is 6.33. The Labute approximate surface area is 170 Å². The number of benzene rings is 2. The fourth-order valence-electron chi connectivity index (χ4n) is 2.94. The molecular formula is C22H14N3O5-. The van der Waals surface area contributed by atoms with Crippen molar-refractivity contribution < 1.29 is 19.2 Å². The monoisotopic (exact) mass is 400 g/mol. The Kier molecular flexibility index (Phi) is 4.96. The van der Waals surface area contributed by atoms with Crippen molar-refractivity contribution in [2.45, 2.75) is 0 Å². The standard InChI is InChI=1S/C22H15N3O5/c26-21(27)13-8-16-14-24(17-4-2-1-3-5-17)23-22(16)20-12-11-19(30-20)15-6-9-18(10-7-15)25(28)29/h1-14H,(H,26,27)/p-1/b13-8+. The molecule has 0 saturated carbocycles. The van der Waals surface area contributed by atoms with Crippen LogP contribution in [-0.2, 0) is 4.79 Å². The first-order valence-electron chi connectivity index (χ1n) is 8.90. The molecule has 0 atom stereocenters. The largest absolute Gasteiger partial charge is 0.545 e. The van der Waals surface area contributed by atoms with Gasteiger partial charge in [-0.05, 0) is 48.6 Å². The van der Waals surface area contributed by atoms with Crippen LogP contribution in [0.5, 0.6) is 0 Å². The molecule has 0 spiro atoms. The van der Waals surface area contributed by atoms with Gasteiger partial charge in [-0.2, -0.15) is 5.10 Å². The lowest BCUT2D eigenvalue weighted by atomic mass is 10.1. The minimum atomic E-state index is -1.32. The van der Waals surface area contributed by atoms with Gasteiger partial charge in [0, 0.05) is 29.5 Å². The summed E-state index contributed by atoms with van der Waals surface area (Å²) in [7, 11) is 0. The quantitative estimate of drug-likeness (QED) is 0.278. The van der Waals surface area contributed by atoms with Crippen molar-refractivity contribution in [1.29, 1.82) is 0 Å². The van der Waals surface area contributed by atoms with Gasteiger partial charge in [0.05, 0.1) is 16.6 Å². The van der Waals surface area contributed by atoms with E-state index >= 15 is 0 Å². The third-order valence-electron chi connectivity index (χ3n) is 4.36. The van der Waals surface area contributed by atoms with Gasteiger partial charge in [-0.15, -0.1) is 0 Å². The van der Waals surface area contributed by atoms with Gasteiger partial charge in [-0.1, -0.05) is 18.2 Å². The minimum absolute atomic E-state index is 0.0122. The number of aliphatic carboxylic acids is 1. The molecule has 8 heteroatoms. The van der Waals surface area contributed by atoms with E-state index in [1.807, 2.05) is 30.3 Å². The molecule has 148 valence electrons. The number of aromatic nitrogens is 2. The molecule has 0 aliphatic rings. The average Bonchev–Trinajstić information content (AvgIpc) is 3.40. The number of hydrogen-bond acceptors (Lipinski definition) is 6. The molecule has 4 rings (SSSR count). The number of furan rings is 1. The van der Waals surface area contributed by atoms with Gasteiger partial charge in [0.2, 0.25) is 0 Å². The van der Waals surface area contributed by atoms with Gasteiger partial charge in [-0.3, -0.25) is 10.1 Å². The maximum atomic E-state index is 10.9. The summed E-state index contributed by atoms with van der Waals surface area (Å²) in [5.41, 5.74) is 2.44. The van der Waals surface area contributed by atoms with E-state index in [1.165, 1.54) is 18.2 Å². The van der Waals surface area contributed by atoms with Crippen molar-refractivity contribution in [2.24, 2.45) is 0 Å². The Morgan fingerprint density at radius 1 is 1.00 bits per heavy atom. The lowest BCUT2D eigenvalue weighted by Gasteiger charge is -1.99. The van der Waals surface area contributed by atoms with E-state index in [2.05, 4.69) is 5.10 Å². The van der Waals surface area contributed by atoms with E-state index in [4.69, 9.17) is 4.42 Å². The lowest BCUT2D eigenvalue weighted by Crippen LogP contribution is -2.18. The zero-order valence-corrected chi connectivity index (χ0v) is 15.5. The molecule has 0 saturated heterocycles. The molecule has 0 fully saturated rings. The highest BCUT2D eigenvalue weighted by atomic mass is 16.6. The normalized spacial score (nSPS) is 11.1. The number of carbonyl (C=O) groups is 1. The summed E-state index contributed by atoms with van der Waals surface area (Å²) in [4.78, 5) is 21.2. The topological polar surface area (TPSA) is 114 Å². The Bertz CT molecular complexity index is 1240. The summed E-state index contributed by atoms with van der Waals surface area (Å²) in [5.74, 6) is -0.389. The molecule has 0 unspecified atom stereocenters. The van der Waals surface area contributed by atoms with Crippen molar-refractivity contribution in [3.63, 3.8) is 0 Å². The zero-order valence-electron chi connectivity index (χ0n) is 15.5. The Morgan fingerprint density at radius 2 is 1.70 bits per heavy atom. The summed E-state index contributed by atoms with van der Waals surface area (Å²) in [6.45, 7) is 0. The van der Waals surface area contributed by atoms with Gasteiger partial charge in [0.15, 0.2) is 5.76 Å². The number of nitro groups is 1. The molecule has 0 bridgehead atoms. The van der Waals surface area contributed by atoms with Crippen molar-refractivity contribution in [3.8, 4) is 28.5 Å². The van der Waals surface area contributed by atoms with Gasteiger partial charge < -0.3 is 14.3 Å². The summed E-state index contributed by atoms with van der Waals surface area (Å²) < 4.78 is 7.53. The van der Waals surface area contributed by atoms with Gasteiger partial charge >= 0.3 is 0 Å². The van der Waals surface area contributed by atoms with Crippen LogP contribution in [-0.4, -0.2) is 20.7 Å². The molecule has 4 aromatic rings. The summed E-state index contributed by atoms with van der Waals surface area (Å²) >= 11 is 0. The Morgan fingerprint density at radius 3 is 2.37 bits per heavy atom. The fourth-order valence-corrected chi connectivity index (χ4v) is 2.94. The molecular weight excluding hydrogens is 386 g/mol. The van der Waals surface area contributed by atoms with Crippen LogP contribution in [0.2, 0.25) is 0 Å².